The first-order valence-electron chi connectivity index (χ1n) is 7.21. The van der Waals surface area contributed by atoms with Gasteiger partial charge in [-0.3, -0.25) is 4.79 Å². The van der Waals surface area contributed by atoms with Crippen molar-refractivity contribution in [2.45, 2.75) is 33.3 Å². The van der Waals surface area contributed by atoms with Crippen molar-refractivity contribution in [2.75, 3.05) is 5.32 Å². The maximum absolute atomic E-state index is 12.2. The molecule has 2 rings (SSSR count). The van der Waals surface area contributed by atoms with Crippen LogP contribution in [0.4, 0.5) is 5.69 Å². The lowest BCUT2D eigenvalue weighted by Crippen LogP contribution is -2.30. The van der Waals surface area contributed by atoms with E-state index < -0.39 is 6.10 Å². The van der Waals surface area contributed by atoms with Gasteiger partial charge in [0, 0.05) is 5.69 Å². The molecule has 1 amide bonds. The Morgan fingerprint density at radius 1 is 1.19 bits per heavy atom. The number of rotatable bonds is 5. The molecule has 0 saturated heterocycles. The number of hydrogen-bond donors (Lipinski definition) is 1. The maximum Gasteiger partial charge on any atom is 0.265 e. The third-order valence-electron chi connectivity index (χ3n) is 3.27. The molecule has 0 bridgehead atoms. The molecule has 110 valence electrons. The first-order valence-corrected chi connectivity index (χ1v) is 7.21. The molecule has 0 heterocycles. The molecule has 3 nitrogen and oxygen atoms in total. The van der Waals surface area contributed by atoms with Crippen LogP contribution in [0.2, 0.25) is 0 Å². The van der Waals surface area contributed by atoms with E-state index in [0.717, 1.165) is 17.7 Å². The van der Waals surface area contributed by atoms with E-state index in [1.54, 1.807) is 6.92 Å². The van der Waals surface area contributed by atoms with Gasteiger partial charge in [-0.2, -0.15) is 0 Å². The smallest absolute Gasteiger partial charge is 0.265 e. The average Bonchev–Trinajstić information content (AvgIpc) is 2.47. The zero-order valence-corrected chi connectivity index (χ0v) is 12.7. The highest BCUT2D eigenvalue weighted by atomic mass is 16.5. The van der Waals surface area contributed by atoms with Crippen LogP contribution in [-0.4, -0.2) is 12.0 Å². The molecular formula is C18H21NO2. The van der Waals surface area contributed by atoms with Crippen LogP contribution in [0, 0.1) is 6.92 Å². The standard InChI is InChI=1S/C18H21NO2/c1-4-15-8-6-9-16(12-15)19-18(20)14(3)21-17-10-5-7-13(2)11-17/h5-12,14H,4H2,1-3H3,(H,19,20)/t14-/m1/s1. The molecule has 21 heavy (non-hydrogen) atoms. The average molecular weight is 283 g/mol. The fourth-order valence-electron chi connectivity index (χ4n) is 2.06. The summed E-state index contributed by atoms with van der Waals surface area (Å²) in [7, 11) is 0. The molecule has 0 aliphatic heterocycles. The van der Waals surface area contributed by atoms with Crippen molar-refractivity contribution >= 4 is 11.6 Å². The van der Waals surface area contributed by atoms with Gasteiger partial charge in [0.1, 0.15) is 5.75 Å². The van der Waals surface area contributed by atoms with Crippen molar-refractivity contribution in [1.82, 2.24) is 0 Å². The molecular weight excluding hydrogens is 262 g/mol. The Balaban J connectivity index is 1.99. The minimum Gasteiger partial charge on any atom is -0.481 e. The Labute approximate surface area is 126 Å². The molecule has 0 radical (unpaired) electrons. The fraction of sp³-hybridized carbons (Fsp3) is 0.278. The number of benzene rings is 2. The third-order valence-corrected chi connectivity index (χ3v) is 3.27. The Morgan fingerprint density at radius 2 is 1.95 bits per heavy atom. The Hall–Kier alpha value is -2.29. The number of carbonyl (C=O) groups excluding carboxylic acids is 1. The van der Waals surface area contributed by atoms with Crippen molar-refractivity contribution in [2.24, 2.45) is 0 Å². The zero-order valence-electron chi connectivity index (χ0n) is 12.7. The largest absolute Gasteiger partial charge is 0.481 e. The van der Waals surface area contributed by atoms with Crippen LogP contribution in [0.5, 0.6) is 5.75 Å². The topological polar surface area (TPSA) is 38.3 Å². The normalized spacial score (nSPS) is 11.8. The summed E-state index contributed by atoms with van der Waals surface area (Å²) < 4.78 is 5.67. The van der Waals surface area contributed by atoms with E-state index in [-0.39, 0.29) is 5.91 Å². The van der Waals surface area contributed by atoms with Crippen molar-refractivity contribution in [1.29, 1.82) is 0 Å². The quantitative estimate of drug-likeness (QED) is 0.902. The van der Waals surface area contributed by atoms with E-state index in [4.69, 9.17) is 4.74 Å². The highest BCUT2D eigenvalue weighted by molar-refractivity contribution is 5.94. The maximum atomic E-state index is 12.2. The van der Waals surface area contributed by atoms with Crippen LogP contribution in [0.25, 0.3) is 0 Å². The number of nitrogens with one attached hydrogen (secondary N) is 1. The van der Waals surface area contributed by atoms with Crippen LogP contribution in [0.1, 0.15) is 25.0 Å². The summed E-state index contributed by atoms with van der Waals surface area (Å²) >= 11 is 0. The molecule has 0 aromatic heterocycles. The number of ether oxygens (including phenoxy) is 1. The lowest BCUT2D eigenvalue weighted by atomic mass is 10.1. The molecule has 0 unspecified atom stereocenters. The van der Waals surface area contributed by atoms with Gasteiger partial charge >= 0.3 is 0 Å². The molecule has 0 fully saturated rings. The minimum absolute atomic E-state index is 0.148. The van der Waals surface area contributed by atoms with E-state index in [1.165, 1.54) is 5.56 Å². The summed E-state index contributed by atoms with van der Waals surface area (Å²) in [6.45, 7) is 5.83. The summed E-state index contributed by atoms with van der Waals surface area (Å²) in [4.78, 5) is 12.2. The lowest BCUT2D eigenvalue weighted by Gasteiger charge is -2.15. The highest BCUT2D eigenvalue weighted by Gasteiger charge is 2.15. The summed E-state index contributed by atoms with van der Waals surface area (Å²) in [6, 6.07) is 15.5. The van der Waals surface area contributed by atoms with E-state index >= 15 is 0 Å². The van der Waals surface area contributed by atoms with Crippen molar-refractivity contribution in [3.63, 3.8) is 0 Å². The van der Waals surface area contributed by atoms with Gasteiger partial charge in [-0.25, -0.2) is 0 Å². The Morgan fingerprint density at radius 3 is 2.67 bits per heavy atom. The van der Waals surface area contributed by atoms with Gasteiger partial charge in [-0.15, -0.1) is 0 Å². The highest BCUT2D eigenvalue weighted by Crippen LogP contribution is 2.16. The van der Waals surface area contributed by atoms with Gasteiger partial charge in [-0.1, -0.05) is 31.2 Å². The monoisotopic (exact) mass is 283 g/mol. The molecule has 0 aliphatic rings. The predicted octanol–water partition coefficient (Wildman–Crippen LogP) is 3.96. The SMILES string of the molecule is CCc1cccc(NC(=O)[C@@H](C)Oc2cccc(C)c2)c1. The van der Waals surface area contributed by atoms with Gasteiger partial charge in [0.25, 0.3) is 5.91 Å². The van der Waals surface area contributed by atoms with E-state index in [0.29, 0.717) is 5.75 Å². The van der Waals surface area contributed by atoms with Crippen LogP contribution in [-0.2, 0) is 11.2 Å². The van der Waals surface area contributed by atoms with Crippen molar-refractivity contribution in [3.05, 3.63) is 59.7 Å². The lowest BCUT2D eigenvalue weighted by molar-refractivity contribution is -0.122. The van der Waals surface area contributed by atoms with Crippen molar-refractivity contribution in [3.8, 4) is 5.75 Å². The van der Waals surface area contributed by atoms with Gasteiger partial charge in [0.2, 0.25) is 0 Å². The van der Waals surface area contributed by atoms with Gasteiger partial charge < -0.3 is 10.1 Å². The number of anilines is 1. The molecule has 1 atom stereocenters. The van der Waals surface area contributed by atoms with Crippen LogP contribution >= 0.6 is 0 Å². The molecule has 2 aromatic carbocycles. The molecule has 0 aliphatic carbocycles. The van der Waals surface area contributed by atoms with E-state index in [2.05, 4.69) is 12.2 Å². The van der Waals surface area contributed by atoms with Gasteiger partial charge in [0.05, 0.1) is 0 Å². The number of aryl methyl sites for hydroxylation is 2. The first-order chi connectivity index (χ1) is 10.1. The number of carbonyl (C=O) groups is 1. The Kier molecular flexibility index (Phi) is 4.99. The van der Waals surface area contributed by atoms with Crippen LogP contribution in [0.3, 0.4) is 0 Å². The second-order valence-corrected chi connectivity index (χ2v) is 5.12. The Bertz CT molecular complexity index is 622. The van der Waals surface area contributed by atoms with Gasteiger partial charge in [-0.05, 0) is 55.7 Å². The fourth-order valence-corrected chi connectivity index (χ4v) is 2.06. The van der Waals surface area contributed by atoms with Crippen LogP contribution < -0.4 is 10.1 Å². The molecule has 3 heteroatoms. The summed E-state index contributed by atoms with van der Waals surface area (Å²) in [5, 5.41) is 2.89. The van der Waals surface area contributed by atoms with E-state index in [9.17, 15) is 4.79 Å². The minimum atomic E-state index is -0.544. The predicted molar refractivity (Wildman–Crippen MR) is 85.7 cm³/mol. The van der Waals surface area contributed by atoms with Gasteiger partial charge in [0.15, 0.2) is 6.10 Å². The molecule has 0 spiro atoms. The summed E-state index contributed by atoms with van der Waals surface area (Å²) in [5.41, 5.74) is 3.11. The van der Waals surface area contributed by atoms with Crippen LogP contribution in [0.15, 0.2) is 48.5 Å². The number of hydrogen-bond acceptors (Lipinski definition) is 2. The molecule has 1 N–H and O–H groups in total. The molecule has 0 saturated carbocycles. The molecule has 2 aromatic rings. The second-order valence-electron chi connectivity index (χ2n) is 5.12. The summed E-state index contributed by atoms with van der Waals surface area (Å²) in [5.74, 6) is 0.560. The first kappa shape index (κ1) is 15.1. The zero-order chi connectivity index (χ0) is 15.2. The van der Waals surface area contributed by atoms with E-state index in [1.807, 2.05) is 55.5 Å². The second kappa shape index (κ2) is 6.93. The third kappa shape index (κ3) is 4.35. The van der Waals surface area contributed by atoms with Crippen molar-refractivity contribution < 1.29 is 9.53 Å². The number of amides is 1. The summed E-state index contributed by atoms with van der Waals surface area (Å²) in [6.07, 6.45) is 0.399.